The first-order valence-electron chi connectivity index (χ1n) is 7.97. The van der Waals surface area contributed by atoms with Crippen LogP contribution in [0.1, 0.15) is 43.9 Å². The van der Waals surface area contributed by atoms with Crippen molar-refractivity contribution >= 4 is 17.5 Å². The third kappa shape index (κ3) is 4.07. The maximum atomic E-state index is 12.0. The van der Waals surface area contributed by atoms with Crippen LogP contribution in [0.15, 0.2) is 41.5 Å². The molecule has 4 heteroatoms. The third-order valence-corrected chi connectivity index (χ3v) is 4.16. The van der Waals surface area contributed by atoms with Crippen LogP contribution < -0.4 is 0 Å². The lowest BCUT2D eigenvalue weighted by Gasteiger charge is -2.23. The van der Waals surface area contributed by atoms with E-state index in [4.69, 9.17) is 0 Å². The molecule has 0 N–H and O–H groups in total. The second-order valence-electron chi connectivity index (χ2n) is 7.30. The van der Waals surface area contributed by atoms with Crippen LogP contribution in [0.2, 0.25) is 0 Å². The van der Waals surface area contributed by atoms with Gasteiger partial charge in [0, 0.05) is 18.1 Å². The summed E-state index contributed by atoms with van der Waals surface area (Å²) in [5, 5.41) is 11.1. The summed E-state index contributed by atoms with van der Waals surface area (Å²) < 4.78 is 0. The minimum atomic E-state index is -0.365. The Kier molecular flexibility index (Phi) is 4.88. The molecule has 1 aliphatic carbocycles. The average molecular weight is 325 g/mol. The number of nitro groups is 1. The van der Waals surface area contributed by atoms with Gasteiger partial charge in [-0.25, -0.2) is 0 Å². The molecule has 24 heavy (non-hydrogen) atoms. The quantitative estimate of drug-likeness (QED) is 0.574. The minimum absolute atomic E-state index is 0.0896. The summed E-state index contributed by atoms with van der Waals surface area (Å²) in [4.78, 5) is 22.7. The second kappa shape index (κ2) is 6.56. The number of hydrogen-bond donors (Lipinski definition) is 0. The monoisotopic (exact) mass is 325 g/mol. The van der Waals surface area contributed by atoms with Crippen LogP contribution in [0, 0.1) is 29.4 Å². The van der Waals surface area contributed by atoms with Gasteiger partial charge >= 0.3 is 0 Å². The highest BCUT2D eigenvalue weighted by molar-refractivity contribution is 5.95. The number of allylic oxidation sites excluding steroid dienone is 5. The number of rotatable bonds is 3. The maximum absolute atomic E-state index is 12.0. The first-order chi connectivity index (χ1) is 11.1. The largest absolute Gasteiger partial charge is 0.294 e. The van der Waals surface area contributed by atoms with E-state index in [0.717, 1.165) is 22.3 Å². The molecule has 1 aromatic carbocycles. The Morgan fingerprint density at radius 2 is 1.75 bits per heavy atom. The van der Waals surface area contributed by atoms with E-state index in [2.05, 4.69) is 20.8 Å². The Morgan fingerprint density at radius 1 is 1.08 bits per heavy atom. The van der Waals surface area contributed by atoms with Crippen molar-refractivity contribution in [3.05, 3.63) is 68.3 Å². The number of nitro benzene ring substituents is 1. The molecular weight excluding hydrogens is 302 g/mol. The van der Waals surface area contributed by atoms with Crippen LogP contribution in [0.25, 0.3) is 6.08 Å². The molecule has 0 aliphatic heterocycles. The normalized spacial score (nSPS) is 15.5. The van der Waals surface area contributed by atoms with Crippen molar-refractivity contribution in [1.82, 2.24) is 0 Å². The molecule has 0 unspecified atom stereocenters. The lowest BCUT2D eigenvalue weighted by molar-refractivity contribution is -0.385. The van der Waals surface area contributed by atoms with E-state index in [1.807, 2.05) is 31.2 Å². The molecule has 0 radical (unpaired) electrons. The van der Waals surface area contributed by atoms with E-state index in [-0.39, 0.29) is 21.8 Å². The van der Waals surface area contributed by atoms with Gasteiger partial charge in [0.05, 0.1) is 4.92 Å². The fraction of sp³-hybridized carbons (Fsp3) is 0.350. The van der Waals surface area contributed by atoms with Crippen molar-refractivity contribution in [1.29, 1.82) is 0 Å². The van der Waals surface area contributed by atoms with Crippen LogP contribution >= 0.6 is 0 Å². The molecular formula is C20H23NO3. The standard InChI is InChI=1S/C20H23NO3/c1-13-8-14(2)19(21(23)24)11-16(13)7-6-15-9-17(20(3,4)5)12-18(22)10-15/h6-9,11-12H,10H2,1-5H3/b7-6+. The van der Waals surface area contributed by atoms with Gasteiger partial charge < -0.3 is 0 Å². The van der Waals surface area contributed by atoms with Gasteiger partial charge in [-0.05, 0) is 53.7 Å². The molecule has 0 spiro atoms. The number of ketones is 1. The van der Waals surface area contributed by atoms with Crippen molar-refractivity contribution in [2.45, 2.75) is 41.0 Å². The number of benzene rings is 1. The lowest BCUT2D eigenvalue weighted by Crippen LogP contribution is -2.13. The Hall–Kier alpha value is -2.49. The molecule has 1 aromatic rings. The van der Waals surface area contributed by atoms with Crippen molar-refractivity contribution in [3.8, 4) is 0 Å². The van der Waals surface area contributed by atoms with E-state index in [1.54, 1.807) is 19.1 Å². The van der Waals surface area contributed by atoms with Gasteiger partial charge in [0.25, 0.3) is 5.69 Å². The Balaban J connectivity index is 2.36. The summed E-state index contributed by atoms with van der Waals surface area (Å²) >= 11 is 0. The lowest BCUT2D eigenvalue weighted by atomic mass is 9.81. The molecule has 0 amide bonds. The first-order valence-corrected chi connectivity index (χ1v) is 7.97. The van der Waals surface area contributed by atoms with Gasteiger partial charge in [0.1, 0.15) is 0 Å². The van der Waals surface area contributed by atoms with E-state index >= 15 is 0 Å². The maximum Gasteiger partial charge on any atom is 0.272 e. The van der Waals surface area contributed by atoms with E-state index in [9.17, 15) is 14.9 Å². The highest BCUT2D eigenvalue weighted by Crippen LogP contribution is 2.31. The fourth-order valence-electron chi connectivity index (χ4n) is 2.69. The summed E-state index contributed by atoms with van der Waals surface area (Å²) in [5.74, 6) is 0.0914. The summed E-state index contributed by atoms with van der Waals surface area (Å²) in [6.45, 7) is 9.88. The molecule has 0 heterocycles. The Bertz CT molecular complexity index is 790. The number of carbonyl (C=O) groups excluding carboxylic acids is 1. The van der Waals surface area contributed by atoms with Crippen LogP contribution in [0.5, 0.6) is 0 Å². The van der Waals surface area contributed by atoms with Gasteiger partial charge in [-0.3, -0.25) is 14.9 Å². The summed E-state index contributed by atoms with van der Waals surface area (Å²) in [5.41, 5.74) is 4.38. The first kappa shape index (κ1) is 17.9. The molecule has 0 fully saturated rings. The summed E-state index contributed by atoms with van der Waals surface area (Å²) in [6.07, 6.45) is 7.85. The molecule has 1 aliphatic rings. The predicted molar refractivity (Wildman–Crippen MR) is 96.8 cm³/mol. The molecule has 0 bridgehead atoms. The molecule has 0 saturated carbocycles. The molecule has 2 rings (SSSR count). The van der Waals surface area contributed by atoms with E-state index < -0.39 is 0 Å². The molecule has 0 aromatic heterocycles. The Morgan fingerprint density at radius 3 is 2.33 bits per heavy atom. The number of aryl methyl sites for hydroxylation is 2. The number of hydrogen-bond acceptors (Lipinski definition) is 3. The molecule has 126 valence electrons. The summed E-state index contributed by atoms with van der Waals surface area (Å²) in [6, 6.07) is 3.41. The predicted octanol–water partition coefficient (Wildman–Crippen LogP) is 5.10. The zero-order chi connectivity index (χ0) is 18.1. The summed E-state index contributed by atoms with van der Waals surface area (Å²) in [7, 11) is 0. The van der Waals surface area contributed by atoms with Crippen LogP contribution in [0.3, 0.4) is 0 Å². The van der Waals surface area contributed by atoms with E-state index in [0.29, 0.717) is 12.0 Å². The molecule has 4 nitrogen and oxygen atoms in total. The van der Waals surface area contributed by atoms with Crippen molar-refractivity contribution in [2.24, 2.45) is 5.41 Å². The van der Waals surface area contributed by atoms with Crippen molar-refractivity contribution in [2.75, 3.05) is 0 Å². The minimum Gasteiger partial charge on any atom is -0.294 e. The smallest absolute Gasteiger partial charge is 0.272 e. The van der Waals surface area contributed by atoms with Crippen molar-refractivity contribution in [3.63, 3.8) is 0 Å². The average Bonchev–Trinajstić information content (AvgIpc) is 2.44. The third-order valence-electron chi connectivity index (χ3n) is 4.16. The Labute approximate surface area is 142 Å². The van der Waals surface area contributed by atoms with Crippen LogP contribution in [-0.4, -0.2) is 10.7 Å². The van der Waals surface area contributed by atoms with Gasteiger partial charge in [0.2, 0.25) is 0 Å². The molecule has 0 saturated heterocycles. The van der Waals surface area contributed by atoms with Crippen LogP contribution in [0.4, 0.5) is 5.69 Å². The van der Waals surface area contributed by atoms with Gasteiger partial charge in [-0.15, -0.1) is 0 Å². The van der Waals surface area contributed by atoms with Gasteiger partial charge in [0.15, 0.2) is 5.78 Å². The fourth-order valence-corrected chi connectivity index (χ4v) is 2.69. The SMILES string of the molecule is Cc1cc(C)c([N+](=O)[O-])cc1/C=C/C1=CC(C(C)(C)C)=CC(=O)C1. The van der Waals surface area contributed by atoms with Gasteiger partial charge in [-0.2, -0.15) is 0 Å². The topological polar surface area (TPSA) is 60.2 Å². The zero-order valence-electron chi connectivity index (χ0n) is 14.8. The van der Waals surface area contributed by atoms with Crippen molar-refractivity contribution < 1.29 is 9.72 Å². The number of nitrogens with zero attached hydrogens (tertiary/aromatic N) is 1. The zero-order valence-corrected chi connectivity index (χ0v) is 14.8. The second-order valence-corrected chi connectivity index (χ2v) is 7.30. The van der Waals surface area contributed by atoms with Gasteiger partial charge in [-0.1, -0.05) is 39.0 Å². The number of carbonyl (C=O) groups is 1. The van der Waals surface area contributed by atoms with Crippen LogP contribution in [-0.2, 0) is 4.79 Å². The molecule has 0 atom stereocenters. The highest BCUT2D eigenvalue weighted by Gasteiger charge is 2.20. The van der Waals surface area contributed by atoms with E-state index in [1.165, 1.54) is 0 Å². The highest BCUT2D eigenvalue weighted by atomic mass is 16.6.